The number of carbonyl (C=O) groups is 2. The van der Waals surface area contributed by atoms with E-state index in [1.165, 1.54) is 8.42 Å². The van der Waals surface area contributed by atoms with Crippen molar-refractivity contribution in [1.29, 1.82) is 0 Å². The molecular formula is C26H34O4S4. The van der Waals surface area contributed by atoms with Crippen LogP contribution in [0.2, 0.25) is 0 Å². The van der Waals surface area contributed by atoms with E-state index in [-0.39, 0.29) is 25.2 Å². The fourth-order valence-corrected chi connectivity index (χ4v) is 8.38. The summed E-state index contributed by atoms with van der Waals surface area (Å²) in [7, 11) is -1.83. The van der Waals surface area contributed by atoms with Crippen LogP contribution in [0, 0.1) is 0 Å². The fourth-order valence-electron chi connectivity index (χ4n) is 3.35. The average molecular weight is 539 g/mol. The van der Waals surface area contributed by atoms with Crippen molar-refractivity contribution in [2.24, 2.45) is 0 Å². The van der Waals surface area contributed by atoms with Crippen molar-refractivity contribution < 1.29 is 19.1 Å². The lowest BCUT2D eigenvalue weighted by Crippen LogP contribution is -2.11. The van der Waals surface area contributed by atoms with Crippen LogP contribution < -0.4 is 0 Å². The summed E-state index contributed by atoms with van der Waals surface area (Å²) in [5, 5.41) is 0. The Bertz CT molecular complexity index is 1100. The number of benzene rings is 1. The van der Waals surface area contributed by atoms with Gasteiger partial charge in [-0.25, -0.2) is 29.6 Å². The van der Waals surface area contributed by atoms with Gasteiger partial charge >= 0.3 is 11.9 Å². The molecule has 0 aliphatic rings. The van der Waals surface area contributed by atoms with Gasteiger partial charge in [0.2, 0.25) is 0 Å². The maximum Gasteiger partial charge on any atom is 0.338 e. The Kier molecular flexibility index (Phi) is 8.28. The minimum atomic E-state index is -0.916. The van der Waals surface area contributed by atoms with Crippen molar-refractivity contribution in [2.75, 3.05) is 50.7 Å². The second-order valence-corrected chi connectivity index (χ2v) is 20.2. The van der Waals surface area contributed by atoms with Gasteiger partial charge in [0.1, 0.15) is 0 Å². The monoisotopic (exact) mass is 538 g/mol. The summed E-state index contributed by atoms with van der Waals surface area (Å²) in [6.07, 6.45) is 13.5. The minimum absolute atomic E-state index is 0.283. The van der Waals surface area contributed by atoms with Gasteiger partial charge in [-0.05, 0) is 87.8 Å². The molecule has 34 heavy (non-hydrogen) atoms. The Hall–Kier alpha value is -1.74. The summed E-state index contributed by atoms with van der Waals surface area (Å²) >= 11 is 3.34. The number of hydrogen-bond acceptors (Lipinski definition) is 6. The molecule has 0 N–H and O–H groups in total. The van der Waals surface area contributed by atoms with Crippen LogP contribution in [0.3, 0.4) is 0 Å². The average Bonchev–Trinajstić information content (AvgIpc) is 3.43. The van der Waals surface area contributed by atoms with E-state index in [4.69, 9.17) is 9.47 Å². The normalized spacial score (nSPS) is 12.9. The highest BCUT2D eigenvalue weighted by atomic mass is 32.3. The maximum absolute atomic E-state index is 13.1. The summed E-state index contributed by atoms with van der Waals surface area (Å²) in [5.74, 6) is -0.768. The summed E-state index contributed by atoms with van der Waals surface area (Å²) in [6, 6.07) is 12.0. The van der Waals surface area contributed by atoms with Crippen molar-refractivity contribution in [2.45, 2.75) is 22.3 Å². The van der Waals surface area contributed by atoms with E-state index < -0.39 is 20.1 Å². The van der Waals surface area contributed by atoms with Gasteiger partial charge in [0.05, 0.1) is 24.3 Å². The predicted octanol–water partition coefficient (Wildman–Crippen LogP) is 7.60. The van der Waals surface area contributed by atoms with E-state index in [1.807, 2.05) is 24.3 Å². The smallest absolute Gasteiger partial charge is 0.338 e. The standard InChI is InChI=1S/C26H34O4S4/c1-9-29-25(27)19-15-18(22-12-14-24(32-22)34(6,7)8)20(26(28)30-10-2)16-17(19)21-11-13-23(31-21)33(3,4)5/h11-16H,9-10H2,1-8H3. The fraction of sp³-hybridized carbons (Fsp3) is 0.385. The lowest BCUT2D eigenvalue weighted by molar-refractivity contribution is 0.0513. The van der Waals surface area contributed by atoms with Crippen LogP contribution in [0.5, 0.6) is 0 Å². The summed E-state index contributed by atoms with van der Waals surface area (Å²) in [5.41, 5.74) is 2.37. The molecule has 2 heterocycles. The molecule has 3 rings (SSSR count). The summed E-state index contributed by atoms with van der Waals surface area (Å²) < 4.78 is 13.4. The van der Waals surface area contributed by atoms with Crippen molar-refractivity contribution in [3.05, 3.63) is 47.5 Å². The van der Waals surface area contributed by atoms with E-state index in [0.717, 1.165) is 9.75 Å². The van der Waals surface area contributed by atoms with E-state index in [2.05, 4.69) is 49.7 Å². The third-order valence-electron chi connectivity index (χ3n) is 5.05. The molecule has 1 aromatic carbocycles. The predicted molar refractivity (Wildman–Crippen MR) is 152 cm³/mol. The molecule has 3 aromatic rings. The second kappa shape index (κ2) is 10.5. The van der Waals surface area contributed by atoms with Crippen LogP contribution in [-0.4, -0.2) is 62.7 Å². The van der Waals surface area contributed by atoms with E-state index in [9.17, 15) is 9.59 Å². The van der Waals surface area contributed by atoms with E-state index >= 15 is 0 Å². The van der Waals surface area contributed by atoms with Gasteiger partial charge in [0.15, 0.2) is 0 Å². The molecule has 186 valence electrons. The number of carbonyl (C=O) groups excluding carboxylic acids is 2. The molecule has 0 unspecified atom stereocenters. The molecule has 0 spiro atoms. The molecule has 2 aromatic heterocycles. The van der Waals surface area contributed by atoms with Gasteiger partial charge < -0.3 is 9.47 Å². The zero-order valence-corrected chi connectivity index (χ0v) is 24.4. The zero-order valence-electron chi connectivity index (χ0n) is 21.1. The number of esters is 2. The molecule has 0 atom stereocenters. The van der Waals surface area contributed by atoms with Gasteiger partial charge in [-0.15, -0.1) is 22.7 Å². The van der Waals surface area contributed by atoms with Crippen LogP contribution in [-0.2, 0) is 9.47 Å². The molecule has 4 nitrogen and oxygen atoms in total. The van der Waals surface area contributed by atoms with Crippen LogP contribution in [0.1, 0.15) is 34.6 Å². The van der Waals surface area contributed by atoms with E-state index in [1.54, 1.807) is 36.5 Å². The molecule has 0 bridgehead atoms. The SMILES string of the molecule is CCOC(=O)c1cc(-c2ccc(S(C)(C)C)s2)c(C(=O)OCC)cc1-c1ccc(S(C)(C)C)s1. The van der Waals surface area contributed by atoms with Crippen molar-refractivity contribution in [1.82, 2.24) is 0 Å². The topological polar surface area (TPSA) is 52.6 Å². The minimum Gasteiger partial charge on any atom is -0.462 e. The molecule has 0 amide bonds. The third-order valence-corrected chi connectivity index (χ3v) is 13.1. The summed E-state index contributed by atoms with van der Waals surface area (Å²) in [6.45, 7) is 4.17. The maximum atomic E-state index is 13.1. The molecule has 0 aliphatic carbocycles. The lowest BCUT2D eigenvalue weighted by atomic mass is 9.96. The first-order valence-electron chi connectivity index (χ1n) is 11.0. The lowest BCUT2D eigenvalue weighted by Gasteiger charge is -2.23. The molecular weight excluding hydrogens is 505 g/mol. The number of thiophene rings is 2. The van der Waals surface area contributed by atoms with Gasteiger partial charge in [-0.1, -0.05) is 0 Å². The highest BCUT2D eigenvalue weighted by Gasteiger charge is 2.25. The van der Waals surface area contributed by atoms with Crippen molar-refractivity contribution >= 4 is 54.7 Å². The van der Waals surface area contributed by atoms with Crippen LogP contribution in [0.15, 0.2) is 44.8 Å². The third kappa shape index (κ3) is 5.90. The Balaban J connectivity index is 2.28. The molecule has 0 fully saturated rings. The Morgan fingerprint density at radius 3 is 1.29 bits per heavy atom. The van der Waals surface area contributed by atoms with Gasteiger partial charge in [-0.3, -0.25) is 0 Å². The van der Waals surface area contributed by atoms with E-state index in [0.29, 0.717) is 22.3 Å². The van der Waals surface area contributed by atoms with Gasteiger partial charge in [0, 0.05) is 29.3 Å². The Labute approximate surface area is 214 Å². The van der Waals surface area contributed by atoms with Crippen LogP contribution in [0.4, 0.5) is 0 Å². The number of ether oxygens (including phenoxy) is 2. The molecule has 0 aliphatic heterocycles. The molecule has 8 heteroatoms. The second-order valence-electron chi connectivity index (χ2n) is 9.30. The van der Waals surface area contributed by atoms with Crippen LogP contribution >= 0.6 is 42.7 Å². The first kappa shape index (κ1) is 26.9. The van der Waals surface area contributed by atoms with Gasteiger partial charge in [0.25, 0.3) is 0 Å². The first-order chi connectivity index (χ1) is 15.9. The van der Waals surface area contributed by atoms with Crippen molar-refractivity contribution in [3.8, 4) is 20.9 Å². The summed E-state index contributed by atoms with van der Waals surface area (Å²) in [4.78, 5) is 28.0. The molecule has 0 saturated carbocycles. The molecule has 0 radical (unpaired) electrons. The Morgan fingerprint density at radius 2 is 1.03 bits per heavy atom. The quantitative estimate of drug-likeness (QED) is 0.277. The number of rotatable bonds is 8. The highest BCUT2D eigenvalue weighted by molar-refractivity contribution is 8.33. The first-order valence-corrected chi connectivity index (χ1v) is 18.3. The highest BCUT2D eigenvalue weighted by Crippen LogP contribution is 2.52. The Morgan fingerprint density at radius 1 is 0.676 bits per heavy atom. The molecule has 0 saturated heterocycles. The van der Waals surface area contributed by atoms with Gasteiger partial charge in [-0.2, -0.15) is 0 Å². The largest absolute Gasteiger partial charge is 0.462 e. The zero-order chi connectivity index (χ0) is 25.3. The van der Waals surface area contributed by atoms with Crippen LogP contribution in [0.25, 0.3) is 20.9 Å². The van der Waals surface area contributed by atoms with Crippen molar-refractivity contribution in [3.63, 3.8) is 0 Å². The number of hydrogen-bond donors (Lipinski definition) is 0.